The Labute approximate surface area is 238 Å². The van der Waals surface area contributed by atoms with Crippen LogP contribution >= 0.6 is 0 Å². The topological polar surface area (TPSA) is 26.0 Å². The summed E-state index contributed by atoms with van der Waals surface area (Å²) in [5, 5.41) is 4.99. The van der Waals surface area contributed by atoms with E-state index in [9.17, 15) is 0 Å². The molecule has 0 atom stereocenters. The van der Waals surface area contributed by atoms with Gasteiger partial charge in [-0.25, -0.2) is 4.98 Å². The summed E-state index contributed by atoms with van der Waals surface area (Å²) in [6, 6.07) is 53.5. The lowest BCUT2D eigenvalue weighted by atomic mass is 9.85. The van der Waals surface area contributed by atoms with E-state index in [1.165, 1.54) is 43.8 Å². The molecule has 192 valence electrons. The molecule has 0 unspecified atom stereocenters. The van der Waals surface area contributed by atoms with Crippen molar-refractivity contribution in [3.05, 3.63) is 152 Å². The summed E-state index contributed by atoms with van der Waals surface area (Å²) in [7, 11) is 0. The fourth-order valence-corrected chi connectivity index (χ4v) is 6.00. The van der Waals surface area contributed by atoms with Crippen LogP contribution in [0.15, 0.2) is 156 Å². The SMILES string of the molecule is c1ccc(-c2nc3cc(-c4ccc5c(-c6ccccc6)c6ccccc6c(-c6ccccc6)c5c4)ccc3o2)cc1. The van der Waals surface area contributed by atoms with E-state index >= 15 is 0 Å². The van der Waals surface area contributed by atoms with Crippen molar-refractivity contribution in [2.75, 3.05) is 0 Å². The second-order valence-electron chi connectivity index (χ2n) is 10.4. The first-order valence-electron chi connectivity index (χ1n) is 13.9. The molecule has 0 aliphatic carbocycles. The fourth-order valence-electron chi connectivity index (χ4n) is 6.00. The van der Waals surface area contributed by atoms with Crippen molar-refractivity contribution in [3.63, 3.8) is 0 Å². The Bertz CT molecular complexity index is 2180. The van der Waals surface area contributed by atoms with Crippen LogP contribution in [-0.2, 0) is 0 Å². The predicted molar refractivity (Wildman–Crippen MR) is 171 cm³/mol. The highest BCUT2D eigenvalue weighted by Gasteiger charge is 2.17. The van der Waals surface area contributed by atoms with Gasteiger partial charge in [-0.05, 0) is 85.3 Å². The zero-order chi connectivity index (χ0) is 27.2. The largest absolute Gasteiger partial charge is 0.436 e. The van der Waals surface area contributed by atoms with Gasteiger partial charge in [0.15, 0.2) is 5.58 Å². The van der Waals surface area contributed by atoms with Crippen molar-refractivity contribution in [2.24, 2.45) is 0 Å². The van der Waals surface area contributed by atoms with Crippen LogP contribution in [-0.4, -0.2) is 4.98 Å². The van der Waals surface area contributed by atoms with Crippen LogP contribution in [0.5, 0.6) is 0 Å². The first-order valence-corrected chi connectivity index (χ1v) is 13.9. The van der Waals surface area contributed by atoms with Crippen molar-refractivity contribution >= 4 is 32.6 Å². The maximum absolute atomic E-state index is 6.09. The van der Waals surface area contributed by atoms with Crippen LogP contribution in [0.1, 0.15) is 0 Å². The molecule has 7 aromatic carbocycles. The maximum Gasteiger partial charge on any atom is 0.227 e. The predicted octanol–water partition coefficient (Wildman–Crippen LogP) is 10.8. The minimum atomic E-state index is 0.640. The fraction of sp³-hybridized carbons (Fsp3) is 0. The third kappa shape index (κ3) is 4.00. The Morgan fingerprint density at radius 3 is 1.49 bits per heavy atom. The molecule has 0 fully saturated rings. The number of hydrogen-bond donors (Lipinski definition) is 0. The van der Waals surface area contributed by atoms with Crippen molar-refractivity contribution in [2.45, 2.75) is 0 Å². The van der Waals surface area contributed by atoms with Gasteiger partial charge in [-0.2, -0.15) is 0 Å². The van der Waals surface area contributed by atoms with Crippen molar-refractivity contribution in [1.82, 2.24) is 4.98 Å². The lowest BCUT2D eigenvalue weighted by Crippen LogP contribution is -1.91. The van der Waals surface area contributed by atoms with E-state index in [1.807, 2.05) is 36.4 Å². The number of aromatic nitrogens is 1. The molecule has 0 radical (unpaired) electrons. The molecule has 0 saturated heterocycles. The molecule has 41 heavy (non-hydrogen) atoms. The molecule has 8 rings (SSSR count). The lowest BCUT2D eigenvalue weighted by Gasteiger charge is -2.18. The number of nitrogens with zero attached hydrogens (tertiary/aromatic N) is 1. The molecule has 2 nitrogen and oxygen atoms in total. The van der Waals surface area contributed by atoms with Gasteiger partial charge in [0.25, 0.3) is 0 Å². The quantitative estimate of drug-likeness (QED) is 0.214. The molecule has 1 heterocycles. The first-order chi connectivity index (χ1) is 20.3. The number of fused-ring (bicyclic) bond motifs is 3. The molecule has 1 aromatic heterocycles. The van der Waals surface area contributed by atoms with Gasteiger partial charge in [0.05, 0.1) is 0 Å². The molecule has 0 amide bonds. The van der Waals surface area contributed by atoms with E-state index in [4.69, 9.17) is 9.40 Å². The molecule has 8 aromatic rings. The van der Waals surface area contributed by atoms with E-state index in [-0.39, 0.29) is 0 Å². The average molecular weight is 524 g/mol. The Kier molecular flexibility index (Phi) is 5.49. The Hall–Kier alpha value is -5.47. The Morgan fingerprint density at radius 1 is 0.366 bits per heavy atom. The molecule has 0 bridgehead atoms. The highest BCUT2D eigenvalue weighted by atomic mass is 16.3. The van der Waals surface area contributed by atoms with Gasteiger partial charge in [-0.3, -0.25) is 0 Å². The maximum atomic E-state index is 6.09. The summed E-state index contributed by atoms with van der Waals surface area (Å²) in [5.74, 6) is 0.640. The van der Waals surface area contributed by atoms with Crippen molar-refractivity contribution < 1.29 is 4.42 Å². The van der Waals surface area contributed by atoms with Crippen LogP contribution in [0.4, 0.5) is 0 Å². The van der Waals surface area contributed by atoms with Gasteiger partial charge in [0.2, 0.25) is 5.89 Å². The summed E-state index contributed by atoms with van der Waals surface area (Å²) < 4.78 is 6.09. The molecular weight excluding hydrogens is 498 g/mol. The Balaban J connectivity index is 1.39. The van der Waals surface area contributed by atoms with Gasteiger partial charge >= 0.3 is 0 Å². The molecule has 0 aliphatic heterocycles. The zero-order valence-corrected chi connectivity index (χ0v) is 22.3. The molecule has 0 N–H and O–H groups in total. The van der Waals surface area contributed by atoms with E-state index in [0.29, 0.717) is 5.89 Å². The lowest BCUT2D eigenvalue weighted by molar-refractivity contribution is 0.620. The number of rotatable bonds is 4. The van der Waals surface area contributed by atoms with Gasteiger partial charge in [0.1, 0.15) is 5.52 Å². The molecular formula is C39H25NO. The smallest absolute Gasteiger partial charge is 0.227 e. The summed E-state index contributed by atoms with van der Waals surface area (Å²) in [4.78, 5) is 4.82. The minimum absolute atomic E-state index is 0.640. The van der Waals surface area contributed by atoms with Crippen LogP contribution in [0, 0.1) is 0 Å². The normalized spacial score (nSPS) is 11.4. The van der Waals surface area contributed by atoms with E-state index < -0.39 is 0 Å². The van der Waals surface area contributed by atoms with Gasteiger partial charge in [0, 0.05) is 5.56 Å². The summed E-state index contributed by atoms with van der Waals surface area (Å²) >= 11 is 0. The van der Waals surface area contributed by atoms with Gasteiger partial charge in [-0.15, -0.1) is 0 Å². The average Bonchev–Trinajstić information content (AvgIpc) is 3.48. The Morgan fingerprint density at radius 2 is 0.854 bits per heavy atom. The zero-order valence-electron chi connectivity index (χ0n) is 22.3. The van der Waals surface area contributed by atoms with Gasteiger partial charge < -0.3 is 4.42 Å². The molecule has 0 saturated carbocycles. The van der Waals surface area contributed by atoms with E-state index in [1.54, 1.807) is 0 Å². The van der Waals surface area contributed by atoms with E-state index in [2.05, 4.69) is 115 Å². The van der Waals surface area contributed by atoms with Crippen molar-refractivity contribution in [1.29, 1.82) is 0 Å². The minimum Gasteiger partial charge on any atom is -0.436 e. The second kappa shape index (κ2) is 9.62. The van der Waals surface area contributed by atoms with Crippen molar-refractivity contribution in [3.8, 4) is 44.8 Å². The number of benzene rings is 7. The number of hydrogen-bond acceptors (Lipinski definition) is 2. The monoisotopic (exact) mass is 523 g/mol. The van der Waals surface area contributed by atoms with E-state index in [0.717, 1.165) is 27.8 Å². The van der Waals surface area contributed by atoms with Crippen LogP contribution in [0.2, 0.25) is 0 Å². The third-order valence-corrected chi connectivity index (χ3v) is 7.89. The van der Waals surface area contributed by atoms with Crippen LogP contribution < -0.4 is 0 Å². The summed E-state index contributed by atoms with van der Waals surface area (Å²) in [6.45, 7) is 0. The second-order valence-corrected chi connectivity index (χ2v) is 10.4. The standard InChI is InChI=1S/C39H25NO/c1-4-12-26(13-5-1)37-31-18-10-11-19-32(31)38(27-14-6-2-7-15-27)34-24-29(20-22-33(34)37)30-21-23-36-35(25-30)40-39(41-36)28-16-8-3-9-17-28/h1-25H. The van der Waals surface area contributed by atoms with Crippen LogP contribution in [0.3, 0.4) is 0 Å². The highest BCUT2D eigenvalue weighted by Crippen LogP contribution is 2.44. The molecule has 0 aliphatic rings. The summed E-state index contributed by atoms with van der Waals surface area (Å²) in [5.41, 5.74) is 9.83. The van der Waals surface area contributed by atoms with Crippen LogP contribution in [0.25, 0.3) is 77.5 Å². The molecule has 0 spiro atoms. The summed E-state index contributed by atoms with van der Waals surface area (Å²) in [6.07, 6.45) is 0. The molecule has 2 heteroatoms. The highest BCUT2D eigenvalue weighted by molar-refractivity contribution is 6.22. The number of oxazole rings is 1. The first kappa shape index (κ1) is 23.4. The third-order valence-electron chi connectivity index (χ3n) is 7.89. The van der Waals surface area contributed by atoms with Gasteiger partial charge in [-0.1, -0.05) is 121 Å².